The molecule has 0 saturated heterocycles. The maximum absolute atomic E-state index is 13.9. The van der Waals surface area contributed by atoms with E-state index >= 15 is 0 Å². The highest BCUT2D eigenvalue weighted by Crippen LogP contribution is 2.39. The van der Waals surface area contributed by atoms with E-state index in [0.717, 1.165) is 22.8 Å². The molecule has 3 N–H and O–H groups in total. The lowest BCUT2D eigenvalue weighted by Gasteiger charge is -2.30. The summed E-state index contributed by atoms with van der Waals surface area (Å²) in [6, 6.07) is 2.82. The summed E-state index contributed by atoms with van der Waals surface area (Å²) in [5, 5.41) is 6.89. The number of amides is 2. The first-order valence-corrected chi connectivity index (χ1v) is 14.3. The number of anilines is 2. The molecular weight excluding hydrogens is 689 g/mol. The summed E-state index contributed by atoms with van der Waals surface area (Å²) in [5.74, 6) is -4.96. The van der Waals surface area contributed by atoms with Crippen LogP contribution in [-0.4, -0.2) is 57.8 Å². The number of alkyl halides is 11. The monoisotopic (exact) mass is 716 g/mol. The number of benzene rings is 1. The van der Waals surface area contributed by atoms with Gasteiger partial charge in [-0.25, -0.2) is 13.8 Å². The van der Waals surface area contributed by atoms with E-state index in [2.05, 4.69) is 27.2 Å². The molecule has 0 atom stereocenters. The van der Waals surface area contributed by atoms with Crippen molar-refractivity contribution in [1.82, 2.24) is 25.2 Å². The molecule has 0 bridgehead atoms. The Bertz CT molecular complexity index is 1710. The number of hydrogen-bond donors (Lipinski definition) is 3. The van der Waals surface area contributed by atoms with Crippen molar-refractivity contribution in [3.05, 3.63) is 53.1 Å². The molecule has 4 rings (SSSR count). The standard InChI is InChI=1S/C29H27F11N6O3/c1-13(27(32,33)34)23(47)41-11-14-3-8-18(29(38,39)40)19(9-14)43-26-44-20-10-17(25(49-12-21(30)31)45-22(20)46(26)2)24(48)42-16-6-4-15(5-7-16)28(35,36)37/h3,8-10,15-16,21H,1,4-7,11-12H2,2H3,(H,41,47)(H,42,48)(H,43,44)/t15-,16-. The summed E-state index contributed by atoms with van der Waals surface area (Å²) in [6.45, 7) is 0.828. The molecule has 0 unspecified atom stereocenters. The van der Waals surface area contributed by atoms with Crippen molar-refractivity contribution in [3.63, 3.8) is 0 Å². The molecule has 1 aliphatic carbocycles. The molecule has 3 aromatic rings. The minimum Gasteiger partial charge on any atom is -0.471 e. The number of ether oxygens (including phenoxy) is 1. The summed E-state index contributed by atoms with van der Waals surface area (Å²) in [6.07, 6.45) is -17.9. The summed E-state index contributed by atoms with van der Waals surface area (Å²) in [4.78, 5) is 33.2. The Labute approximate surface area is 269 Å². The Kier molecular flexibility index (Phi) is 10.7. The van der Waals surface area contributed by atoms with Crippen LogP contribution in [0.3, 0.4) is 0 Å². The van der Waals surface area contributed by atoms with Crippen molar-refractivity contribution in [1.29, 1.82) is 0 Å². The van der Waals surface area contributed by atoms with Crippen molar-refractivity contribution in [3.8, 4) is 5.88 Å². The fourth-order valence-corrected chi connectivity index (χ4v) is 5.04. The van der Waals surface area contributed by atoms with E-state index in [1.807, 2.05) is 5.32 Å². The molecule has 2 amide bonds. The van der Waals surface area contributed by atoms with Crippen LogP contribution in [0.25, 0.3) is 11.2 Å². The van der Waals surface area contributed by atoms with Crippen LogP contribution >= 0.6 is 0 Å². The van der Waals surface area contributed by atoms with E-state index in [1.165, 1.54) is 7.05 Å². The number of imidazole rings is 1. The van der Waals surface area contributed by atoms with Crippen LogP contribution in [0, 0.1) is 5.92 Å². The second kappa shape index (κ2) is 14.1. The van der Waals surface area contributed by atoms with Gasteiger partial charge in [-0.05, 0) is 49.4 Å². The Morgan fingerprint density at radius 1 is 1.00 bits per heavy atom. The van der Waals surface area contributed by atoms with Gasteiger partial charge in [0, 0.05) is 19.6 Å². The van der Waals surface area contributed by atoms with Crippen LogP contribution in [0.5, 0.6) is 5.88 Å². The highest BCUT2D eigenvalue weighted by molar-refractivity contribution is 5.99. The fourth-order valence-electron chi connectivity index (χ4n) is 5.04. The van der Waals surface area contributed by atoms with E-state index in [0.29, 0.717) is 6.07 Å². The van der Waals surface area contributed by atoms with Gasteiger partial charge in [0.05, 0.1) is 17.2 Å². The van der Waals surface area contributed by atoms with Crippen LogP contribution in [0.15, 0.2) is 36.4 Å². The van der Waals surface area contributed by atoms with Gasteiger partial charge in [0.25, 0.3) is 18.2 Å². The van der Waals surface area contributed by atoms with Gasteiger partial charge in [-0.1, -0.05) is 12.6 Å². The fraction of sp³-hybridized carbons (Fsp3) is 0.448. The summed E-state index contributed by atoms with van der Waals surface area (Å²) < 4.78 is 151. The lowest BCUT2D eigenvalue weighted by atomic mass is 9.85. The number of halogens is 11. The second-order valence-electron chi connectivity index (χ2n) is 11.1. The van der Waals surface area contributed by atoms with E-state index in [-0.39, 0.29) is 48.4 Å². The zero-order valence-electron chi connectivity index (χ0n) is 25.2. The van der Waals surface area contributed by atoms with Gasteiger partial charge in [-0.3, -0.25) is 14.2 Å². The minimum atomic E-state index is -5.04. The average molecular weight is 717 g/mol. The molecule has 2 heterocycles. The van der Waals surface area contributed by atoms with E-state index in [9.17, 15) is 57.9 Å². The first kappa shape index (κ1) is 37.2. The largest absolute Gasteiger partial charge is 0.471 e. The summed E-state index contributed by atoms with van der Waals surface area (Å²) in [7, 11) is 1.28. The van der Waals surface area contributed by atoms with Gasteiger partial charge in [0.15, 0.2) is 12.3 Å². The number of hydrogen-bond acceptors (Lipinski definition) is 6. The van der Waals surface area contributed by atoms with Gasteiger partial charge in [-0.2, -0.15) is 44.5 Å². The molecule has 9 nitrogen and oxygen atoms in total. The molecule has 0 spiro atoms. The predicted octanol–water partition coefficient (Wildman–Crippen LogP) is 6.96. The number of nitrogens with one attached hydrogen (secondary N) is 3. The summed E-state index contributed by atoms with van der Waals surface area (Å²) >= 11 is 0. The number of aryl methyl sites for hydroxylation is 1. The smallest absolute Gasteiger partial charge is 0.421 e. The molecule has 268 valence electrons. The zero-order valence-corrected chi connectivity index (χ0v) is 25.2. The lowest BCUT2D eigenvalue weighted by Crippen LogP contribution is -2.40. The maximum atomic E-state index is 13.9. The molecule has 2 aromatic heterocycles. The van der Waals surface area contributed by atoms with E-state index < -0.39 is 90.1 Å². The Morgan fingerprint density at radius 2 is 1.65 bits per heavy atom. The normalized spacial score (nSPS) is 17.2. The predicted molar refractivity (Wildman–Crippen MR) is 151 cm³/mol. The third-order valence-electron chi connectivity index (χ3n) is 7.63. The zero-order chi connectivity index (χ0) is 36.5. The lowest BCUT2D eigenvalue weighted by molar-refractivity contribution is -0.182. The molecule has 1 saturated carbocycles. The Morgan fingerprint density at radius 3 is 2.22 bits per heavy atom. The summed E-state index contributed by atoms with van der Waals surface area (Å²) in [5.41, 5.74) is -4.33. The van der Waals surface area contributed by atoms with Crippen LogP contribution in [0.1, 0.15) is 47.2 Å². The molecule has 1 aliphatic rings. The van der Waals surface area contributed by atoms with Gasteiger partial charge in [0.1, 0.15) is 16.7 Å². The van der Waals surface area contributed by atoms with Crippen molar-refractivity contribution < 1.29 is 62.6 Å². The van der Waals surface area contributed by atoms with E-state index in [4.69, 9.17) is 4.74 Å². The molecule has 49 heavy (non-hydrogen) atoms. The van der Waals surface area contributed by atoms with Crippen molar-refractivity contribution in [2.24, 2.45) is 13.0 Å². The van der Waals surface area contributed by atoms with Crippen LogP contribution in [-0.2, 0) is 24.6 Å². The Balaban J connectivity index is 1.64. The van der Waals surface area contributed by atoms with Gasteiger partial charge in [-0.15, -0.1) is 0 Å². The Hall–Kier alpha value is -4.65. The molecule has 20 heteroatoms. The number of nitrogens with zero attached hydrogens (tertiary/aromatic N) is 3. The SMILES string of the molecule is C=C(C(=O)NCc1ccc(C(F)(F)F)c(Nc2nc3cc(C(=O)N[C@H]4CC[C@H](C(F)(F)F)CC4)c(OCC(F)F)nc3n2C)c1)C(F)(F)F. The van der Waals surface area contributed by atoms with Crippen molar-refractivity contribution in [2.45, 2.75) is 63.2 Å². The van der Waals surface area contributed by atoms with E-state index in [1.54, 1.807) is 0 Å². The van der Waals surface area contributed by atoms with Gasteiger partial charge < -0.3 is 20.7 Å². The third kappa shape index (κ3) is 9.08. The highest BCUT2D eigenvalue weighted by Gasteiger charge is 2.42. The van der Waals surface area contributed by atoms with Crippen LogP contribution in [0.2, 0.25) is 0 Å². The molecule has 1 aromatic carbocycles. The third-order valence-corrected chi connectivity index (χ3v) is 7.63. The number of pyridine rings is 1. The molecule has 0 aliphatic heterocycles. The quantitative estimate of drug-likeness (QED) is 0.155. The first-order chi connectivity index (χ1) is 22.6. The molecule has 1 fully saturated rings. The second-order valence-corrected chi connectivity index (χ2v) is 11.1. The molecular formula is C29H27F11N6O3. The van der Waals surface area contributed by atoms with Gasteiger partial charge in [0.2, 0.25) is 11.8 Å². The minimum absolute atomic E-state index is 0.0160. The number of aromatic nitrogens is 3. The number of carbonyl (C=O) groups is 2. The molecule has 0 radical (unpaired) electrons. The first-order valence-electron chi connectivity index (χ1n) is 14.3. The van der Waals surface area contributed by atoms with Crippen molar-refractivity contribution in [2.75, 3.05) is 11.9 Å². The van der Waals surface area contributed by atoms with Gasteiger partial charge >= 0.3 is 18.5 Å². The maximum Gasteiger partial charge on any atom is 0.421 e. The van der Waals surface area contributed by atoms with Crippen LogP contribution in [0.4, 0.5) is 59.9 Å². The van der Waals surface area contributed by atoms with Crippen molar-refractivity contribution >= 4 is 34.6 Å². The number of carbonyl (C=O) groups excluding carboxylic acids is 2. The number of fused-ring (bicyclic) bond motifs is 1. The highest BCUT2D eigenvalue weighted by atomic mass is 19.4. The topological polar surface area (TPSA) is 110 Å². The van der Waals surface area contributed by atoms with Crippen LogP contribution < -0.4 is 20.7 Å². The average Bonchev–Trinajstić information content (AvgIpc) is 3.30. The number of rotatable bonds is 10.